The number of fused-ring (bicyclic) bond motifs is 3. The Morgan fingerprint density at radius 3 is 2.62 bits per heavy atom. The second kappa shape index (κ2) is 6.43. The number of thiophene rings is 1. The van der Waals surface area contributed by atoms with Crippen molar-refractivity contribution < 1.29 is 9.26 Å². The molecule has 4 nitrogen and oxygen atoms in total. The number of nitrogens with zero attached hydrogens (tertiary/aromatic N) is 2. The summed E-state index contributed by atoms with van der Waals surface area (Å²) < 4.78 is 11.6. The summed E-state index contributed by atoms with van der Waals surface area (Å²) in [4.78, 5) is 7.37. The summed E-state index contributed by atoms with van der Waals surface area (Å²) in [6, 6.07) is 4.18. The zero-order chi connectivity index (χ0) is 20.5. The van der Waals surface area contributed by atoms with Crippen molar-refractivity contribution in [3.8, 4) is 27.9 Å². The van der Waals surface area contributed by atoms with Gasteiger partial charge in [0.1, 0.15) is 5.75 Å². The normalized spacial score (nSPS) is 21.2. The molecule has 1 fully saturated rings. The molecule has 152 valence electrons. The molecule has 2 aliphatic rings. The van der Waals surface area contributed by atoms with Gasteiger partial charge in [0.15, 0.2) is 0 Å². The molecule has 0 unspecified atom stereocenters. The molecule has 0 amide bonds. The molecular formula is C24H28N2O2S. The maximum atomic E-state index is 5.90. The molecule has 0 bridgehead atoms. The lowest BCUT2D eigenvalue weighted by molar-refractivity contribution is 0.313. The van der Waals surface area contributed by atoms with Gasteiger partial charge in [-0.3, -0.25) is 0 Å². The highest BCUT2D eigenvalue weighted by molar-refractivity contribution is 7.15. The zero-order valence-electron chi connectivity index (χ0n) is 18.0. The van der Waals surface area contributed by atoms with Gasteiger partial charge in [-0.25, -0.2) is 0 Å². The van der Waals surface area contributed by atoms with Crippen molar-refractivity contribution >= 4 is 11.3 Å². The third-order valence-corrected chi connectivity index (χ3v) is 7.96. The van der Waals surface area contributed by atoms with E-state index in [2.05, 4.69) is 58.8 Å². The van der Waals surface area contributed by atoms with Crippen molar-refractivity contribution in [3.63, 3.8) is 0 Å². The molecule has 1 saturated carbocycles. The predicted octanol–water partition coefficient (Wildman–Crippen LogP) is 6.47. The van der Waals surface area contributed by atoms with E-state index in [9.17, 15) is 0 Å². The second-order valence-corrected chi connectivity index (χ2v) is 10.4. The number of rotatable bonds is 5. The quantitative estimate of drug-likeness (QED) is 0.485. The monoisotopic (exact) mass is 408 g/mol. The standard InChI is InChI=1S/C24H28N2O2S/c1-7-8-27-20-12(2)9-15(10-13(20)3)22-25-23(28-26-22)21-16-11-17-19(24(17,5)6)18(16)14(4)29-21/h9-10,17,19H,7-8,11H2,1-6H3/t17-,19-/m1/s1. The molecule has 0 N–H and O–H groups in total. The Balaban J connectivity index is 1.47. The summed E-state index contributed by atoms with van der Waals surface area (Å²) >= 11 is 1.81. The molecule has 29 heavy (non-hydrogen) atoms. The summed E-state index contributed by atoms with van der Waals surface area (Å²) in [6.45, 7) is 14.0. The largest absolute Gasteiger partial charge is 0.493 e. The highest BCUT2D eigenvalue weighted by Crippen LogP contribution is 2.72. The van der Waals surface area contributed by atoms with Gasteiger partial charge < -0.3 is 9.26 Å². The highest BCUT2D eigenvalue weighted by Gasteiger charge is 2.63. The van der Waals surface area contributed by atoms with Crippen molar-refractivity contribution in [2.45, 2.75) is 60.3 Å². The Kier molecular flexibility index (Phi) is 4.18. The van der Waals surface area contributed by atoms with Crippen LogP contribution in [0.25, 0.3) is 22.2 Å². The number of hydrogen-bond acceptors (Lipinski definition) is 5. The van der Waals surface area contributed by atoms with Crippen LogP contribution < -0.4 is 4.74 Å². The van der Waals surface area contributed by atoms with Crippen molar-refractivity contribution in [1.82, 2.24) is 10.1 Å². The zero-order valence-corrected chi connectivity index (χ0v) is 18.9. The van der Waals surface area contributed by atoms with Crippen LogP contribution in [0.3, 0.4) is 0 Å². The van der Waals surface area contributed by atoms with E-state index >= 15 is 0 Å². The lowest BCUT2D eigenvalue weighted by Gasteiger charge is -2.12. The van der Waals surface area contributed by atoms with Gasteiger partial charge >= 0.3 is 0 Å². The van der Waals surface area contributed by atoms with Gasteiger partial charge in [0, 0.05) is 10.4 Å². The predicted molar refractivity (Wildman–Crippen MR) is 117 cm³/mol. The van der Waals surface area contributed by atoms with Crippen LogP contribution in [0.15, 0.2) is 16.7 Å². The van der Waals surface area contributed by atoms with Crippen LogP contribution in [0, 0.1) is 32.1 Å². The topological polar surface area (TPSA) is 48.2 Å². The molecule has 0 radical (unpaired) electrons. The number of aromatic nitrogens is 2. The molecule has 0 spiro atoms. The second-order valence-electron chi connectivity index (χ2n) is 9.20. The average Bonchev–Trinajstić information content (AvgIpc) is 3.15. The first kappa shape index (κ1) is 18.9. The lowest BCUT2D eigenvalue weighted by atomic mass is 9.95. The summed E-state index contributed by atoms with van der Waals surface area (Å²) in [5.74, 6) is 3.77. The molecule has 1 aromatic carbocycles. The third-order valence-electron chi connectivity index (χ3n) is 6.81. The minimum Gasteiger partial charge on any atom is -0.493 e. The molecular weight excluding hydrogens is 380 g/mol. The third kappa shape index (κ3) is 2.77. The molecule has 2 aliphatic carbocycles. The van der Waals surface area contributed by atoms with Crippen LogP contribution in [-0.2, 0) is 6.42 Å². The molecule has 2 heterocycles. The van der Waals surface area contributed by atoms with Crippen molar-refractivity contribution in [2.24, 2.45) is 11.3 Å². The van der Waals surface area contributed by atoms with Gasteiger partial charge in [0.25, 0.3) is 5.89 Å². The van der Waals surface area contributed by atoms with Crippen molar-refractivity contribution in [2.75, 3.05) is 6.61 Å². The SMILES string of the molecule is CCCOc1c(C)cc(-c2noc(-c3sc(C)c4c3C[C@@H]3[C@H]4C3(C)C)n2)cc1C. The summed E-state index contributed by atoms with van der Waals surface area (Å²) in [7, 11) is 0. The molecule has 5 heteroatoms. The lowest BCUT2D eigenvalue weighted by Crippen LogP contribution is -2.00. The number of ether oxygens (including phenoxy) is 1. The van der Waals surface area contributed by atoms with E-state index in [1.165, 1.54) is 15.3 Å². The highest BCUT2D eigenvalue weighted by atomic mass is 32.1. The summed E-state index contributed by atoms with van der Waals surface area (Å²) in [6.07, 6.45) is 2.14. The van der Waals surface area contributed by atoms with E-state index in [0.29, 0.717) is 23.0 Å². The van der Waals surface area contributed by atoms with E-state index < -0.39 is 0 Å². The maximum absolute atomic E-state index is 5.90. The van der Waals surface area contributed by atoms with Crippen LogP contribution in [0.4, 0.5) is 0 Å². The molecule has 2 atom stereocenters. The number of benzene rings is 1. The fourth-order valence-corrected chi connectivity index (χ4v) is 6.40. The Morgan fingerprint density at radius 2 is 1.93 bits per heavy atom. The van der Waals surface area contributed by atoms with Gasteiger partial charge in [0.2, 0.25) is 5.82 Å². The van der Waals surface area contributed by atoms with Gasteiger partial charge in [-0.2, -0.15) is 4.98 Å². The molecule has 3 aromatic rings. The number of aryl methyl sites for hydroxylation is 3. The molecule has 0 saturated heterocycles. The van der Waals surface area contributed by atoms with E-state index in [1.807, 2.05) is 11.3 Å². The Morgan fingerprint density at radius 1 is 1.21 bits per heavy atom. The molecule has 0 aliphatic heterocycles. The molecule has 5 rings (SSSR count). The van der Waals surface area contributed by atoms with Gasteiger partial charge in [0.05, 0.1) is 11.5 Å². The van der Waals surface area contributed by atoms with E-state index in [1.54, 1.807) is 5.56 Å². The first-order valence-corrected chi connectivity index (χ1v) is 11.3. The summed E-state index contributed by atoms with van der Waals surface area (Å²) in [5.41, 5.74) is 6.65. The Bertz CT molecular complexity index is 1090. The van der Waals surface area contributed by atoms with Crippen LogP contribution in [0.5, 0.6) is 5.75 Å². The maximum Gasteiger partial charge on any atom is 0.268 e. The number of hydrogen-bond donors (Lipinski definition) is 0. The van der Waals surface area contributed by atoms with Crippen LogP contribution in [0.1, 0.15) is 60.2 Å². The van der Waals surface area contributed by atoms with Crippen molar-refractivity contribution in [3.05, 3.63) is 39.3 Å². The average molecular weight is 409 g/mol. The van der Waals surface area contributed by atoms with Crippen LogP contribution >= 0.6 is 11.3 Å². The Hall–Kier alpha value is -2.14. The van der Waals surface area contributed by atoms with E-state index in [4.69, 9.17) is 14.2 Å². The first-order chi connectivity index (χ1) is 13.8. The van der Waals surface area contributed by atoms with Crippen LogP contribution in [-0.4, -0.2) is 16.7 Å². The van der Waals surface area contributed by atoms with Gasteiger partial charge in [-0.1, -0.05) is 25.9 Å². The Labute approximate surface area is 176 Å². The van der Waals surface area contributed by atoms with Gasteiger partial charge in [-0.05, 0) is 85.3 Å². The fraction of sp³-hybridized carbons (Fsp3) is 0.500. The van der Waals surface area contributed by atoms with Gasteiger partial charge in [-0.15, -0.1) is 11.3 Å². The van der Waals surface area contributed by atoms with E-state index in [0.717, 1.165) is 47.8 Å². The van der Waals surface area contributed by atoms with E-state index in [-0.39, 0.29) is 0 Å². The molecule has 2 aromatic heterocycles. The van der Waals surface area contributed by atoms with Crippen molar-refractivity contribution in [1.29, 1.82) is 0 Å². The fourth-order valence-electron chi connectivity index (χ4n) is 5.25. The smallest absolute Gasteiger partial charge is 0.268 e. The minimum absolute atomic E-state index is 0.451. The first-order valence-electron chi connectivity index (χ1n) is 10.5. The van der Waals surface area contributed by atoms with Crippen LogP contribution in [0.2, 0.25) is 0 Å². The minimum atomic E-state index is 0.451. The summed E-state index contributed by atoms with van der Waals surface area (Å²) in [5, 5.41) is 4.31.